The van der Waals surface area contributed by atoms with Crippen LogP contribution in [0.2, 0.25) is 0 Å². The number of carbonyl (C=O) groups excluding carboxylic acids is 2. The Kier molecular flexibility index (Phi) is 9.76. The zero-order valence-electron chi connectivity index (χ0n) is 11.6. The number of nitrogens with one attached hydrogen (secondary N) is 2. The van der Waals surface area contributed by atoms with E-state index >= 15 is 0 Å². The van der Waals surface area contributed by atoms with Gasteiger partial charge in [0, 0.05) is 19.0 Å². The van der Waals surface area contributed by atoms with E-state index in [9.17, 15) is 14.7 Å². The number of amides is 2. The van der Waals surface area contributed by atoms with Gasteiger partial charge >= 0.3 is 12.2 Å². The molecule has 0 aromatic heterocycles. The Morgan fingerprint density at radius 2 is 1.50 bits per heavy atom. The number of ether oxygens (including phenoxy) is 2. The summed E-state index contributed by atoms with van der Waals surface area (Å²) in [4.78, 5) is 22.4. The highest BCUT2D eigenvalue weighted by molar-refractivity contribution is 5.68. The van der Waals surface area contributed by atoms with Crippen LogP contribution in [0.3, 0.4) is 0 Å². The molecule has 0 aliphatic carbocycles. The average molecular weight is 286 g/mol. The first-order valence-corrected chi connectivity index (χ1v) is 6.22. The fourth-order valence-corrected chi connectivity index (χ4v) is 1.21. The third-order valence-corrected chi connectivity index (χ3v) is 2.36. The van der Waals surface area contributed by atoms with Crippen molar-refractivity contribution in [1.82, 2.24) is 10.6 Å². The summed E-state index contributed by atoms with van der Waals surface area (Å²) < 4.78 is 9.45. The first-order valence-electron chi connectivity index (χ1n) is 6.22. The lowest BCUT2D eigenvalue weighted by atomic mass is 10.0. The minimum atomic E-state index is -0.714. The molecule has 1 unspecified atom stereocenters. The van der Waals surface area contributed by atoms with E-state index in [-0.39, 0.29) is 32.2 Å². The summed E-state index contributed by atoms with van der Waals surface area (Å²) in [6.07, 6.45) is 0.968. The maximum absolute atomic E-state index is 11.2. The summed E-state index contributed by atoms with van der Waals surface area (Å²) in [6, 6.07) is 0. The van der Waals surface area contributed by atoms with Gasteiger partial charge in [-0.05, 0) is 6.92 Å². The predicted octanol–water partition coefficient (Wildman–Crippen LogP) is 0.808. The highest BCUT2D eigenvalue weighted by atomic mass is 16.6. The molecule has 0 aliphatic rings. The van der Waals surface area contributed by atoms with E-state index in [0.29, 0.717) is 0 Å². The molecular weight excluding hydrogens is 264 g/mol. The molecule has 0 aromatic rings. The third-order valence-electron chi connectivity index (χ3n) is 2.36. The molecule has 0 radical (unpaired) electrons. The lowest BCUT2D eigenvalue weighted by Crippen LogP contribution is -2.41. The molecule has 114 valence electrons. The standard InChI is InChI=1S/C13H22N2O5/c1-4-6-19-12(17)14-8-11(10(3)16)9-15-13(18)20-7-5-2/h4-5,10-11,16H,1-2,6-9H2,3H3,(H,14,17)(H,15,18). The van der Waals surface area contributed by atoms with E-state index in [1.54, 1.807) is 6.92 Å². The van der Waals surface area contributed by atoms with Crippen molar-refractivity contribution in [2.45, 2.75) is 13.0 Å². The van der Waals surface area contributed by atoms with Crippen molar-refractivity contribution in [1.29, 1.82) is 0 Å². The highest BCUT2D eigenvalue weighted by Gasteiger charge is 2.17. The molecule has 0 aromatic carbocycles. The van der Waals surface area contributed by atoms with Crippen LogP contribution in [0.5, 0.6) is 0 Å². The van der Waals surface area contributed by atoms with E-state index in [1.807, 2.05) is 0 Å². The van der Waals surface area contributed by atoms with Gasteiger partial charge in [-0.3, -0.25) is 0 Å². The molecular formula is C13H22N2O5. The second-order valence-electron chi connectivity index (χ2n) is 4.04. The minimum Gasteiger partial charge on any atom is -0.445 e. The second kappa shape index (κ2) is 10.9. The first kappa shape index (κ1) is 18.0. The molecule has 3 N–H and O–H groups in total. The predicted molar refractivity (Wildman–Crippen MR) is 74.3 cm³/mol. The number of carbonyl (C=O) groups is 2. The van der Waals surface area contributed by atoms with Gasteiger partial charge in [0.2, 0.25) is 0 Å². The zero-order valence-corrected chi connectivity index (χ0v) is 11.6. The Bertz CT molecular complexity index is 303. The minimum absolute atomic E-state index is 0.108. The largest absolute Gasteiger partial charge is 0.445 e. The van der Waals surface area contributed by atoms with E-state index in [4.69, 9.17) is 9.47 Å². The molecule has 0 heterocycles. The molecule has 7 heteroatoms. The topological polar surface area (TPSA) is 96.9 Å². The lowest BCUT2D eigenvalue weighted by Gasteiger charge is -2.20. The van der Waals surface area contributed by atoms with Crippen LogP contribution in [0.1, 0.15) is 6.92 Å². The SMILES string of the molecule is C=CCOC(=O)NCC(CNC(=O)OCC=C)C(C)O. The number of hydrogen-bond donors (Lipinski definition) is 3. The van der Waals surface area contributed by atoms with Crippen LogP contribution >= 0.6 is 0 Å². The van der Waals surface area contributed by atoms with Gasteiger partial charge < -0.3 is 25.2 Å². The van der Waals surface area contributed by atoms with E-state index in [1.165, 1.54) is 12.2 Å². The molecule has 0 fully saturated rings. The lowest BCUT2D eigenvalue weighted by molar-refractivity contribution is 0.112. The normalized spacial score (nSPS) is 11.3. The van der Waals surface area contributed by atoms with Crippen LogP contribution in [0.25, 0.3) is 0 Å². The van der Waals surface area contributed by atoms with Gasteiger partial charge in [-0.15, -0.1) is 0 Å². The van der Waals surface area contributed by atoms with Gasteiger partial charge in [-0.25, -0.2) is 9.59 Å². The molecule has 0 saturated carbocycles. The van der Waals surface area contributed by atoms with E-state index < -0.39 is 18.3 Å². The summed E-state index contributed by atoms with van der Waals surface area (Å²) in [6.45, 7) is 8.94. The van der Waals surface area contributed by atoms with Gasteiger partial charge in [0.1, 0.15) is 13.2 Å². The van der Waals surface area contributed by atoms with E-state index in [2.05, 4.69) is 23.8 Å². The second-order valence-corrected chi connectivity index (χ2v) is 4.04. The fraction of sp³-hybridized carbons (Fsp3) is 0.538. The van der Waals surface area contributed by atoms with E-state index in [0.717, 1.165) is 0 Å². The molecule has 0 rings (SSSR count). The van der Waals surface area contributed by atoms with Gasteiger partial charge in [-0.1, -0.05) is 25.3 Å². The number of alkyl carbamates (subject to hydrolysis) is 2. The quantitative estimate of drug-likeness (QED) is 0.545. The van der Waals surface area contributed by atoms with Crippen LogP contribution in [0, 0.1) is 5.92 Å². The third kappa shape index (κ3) is 8.98. The summed E-state index contributed by atoms with van der Waals surface area (Å²) >= 11 is 0. The monoisotopic (exact) mass is 286 g/mol. The highest BCUT2D eigenvalue weighted by Crippen LogP contribution is 2.01. The molecule has 0 saturated heterocycles. The maximum Gasteiger partial charge on any atom is 0.407 e. The average Bonchev–Trinajstić information content (AvgIpc) is 2.42. The number of aliphatic hydroxyl groups excluding tert-OH is 1. The summed E-state index contributed by atoms with van der Waals surface area (Å²) in [7, 11) is 0. The molecule has 0 spiro atoms. The van der Waals surface area contributed by atoms with Crippen molar-refractivity contribution >= 4 is 12.2 Å². The number of aliphatic hydroxyl groups is 1. The van der Waals surface area contributed by atoms with Gasteiger partial charge in [0.15, 0.2) is 0 Å². The molecule has 0 aliphatic heterocycles. The van der Waals surface area contributed by atoms with Crippen LogP contribution in [0.15, 0.2) is 25.3 Å². The molecule has 2 amide bonds. The van der Waals surface area contributed by atoms with Crippen molar-refractivity contribution in [2.24, 2.45) is 5.92 Å². The number of rotatable bonds is 9. The molecule has 0 bridgehead atoms. The molecule has 1 atom stereocenters. The Balaban J connectivity index is 4.04. The van der Waals surface area contributed by atoms with Gasteiger partial charge in [0.05, 0.1) is 6.10 Å². The first-order chi connectivity index (χ1) is 9.51. The van der Waals surface area contributed by atoms with Crippen LogP contribution in [-0.2, 0) is 9.47 Å². The Labute approximate surface area is 118 Å². The smallest absolute Gasteiger partial charge is 0.407 e. The van der Waals surface area contributed by atoms with Crippen molar-refractivity contribution in [3.05, 3.63) is 25.3 Å². The zero-order chi connectivity index (χ0) is 15.4. The number of hydrogen-bond acceptors (Lipinski definition) is 5. The Morgan fingerprint density at radius 3 is 1.80 bits per heavy atom. The van der Waals surface area contributed by atoms with Crippen molar-refractivity contribution < 1.29 is 24.2 Å². The van der Waals surface area contributed by atoms with Crippen LogP contribution < -0.4 is 10.6 Å². The van der Waals surface area contributed by atoms with Crippen LogP contribution in [0.4, 0.5) is 9.59 Å². The van der Waals surface area contributed by atoms with Crippen molar-refractivity contribution in [2.75, 3.05) is 26.3 Å². The van der Waals surface area contributed by atoms with Crippen LogP contribution in [-0.4, -0.2) is 49.7 Å². The van der Waals surface area contributed by atoms with Gasteiger partial charge in [0.25, 0.3) is 0 Å². The van der Waals surface area contributed by atoms with Gasteiger partial charge in [-0.2, -0.15) is 0 Å². The summed E-state index contributed by atoms with van der Waals surface area (Å²) in [5, 5.41) is 14.6. The molecule has 20 heavy (non-hydrogen) atoms. The Hall–Kier alpha value is -2.02. The van der Waals surface area contributed by atoms with Crippen molar-refractivity contribution in [3.63, 3.8) is 0 Å². The Morgan fingerprint density at radius 1 is 1.10 bits per heavy atom. The summed E-state index contributed by atoms with van der Waals surface area (Å²) in [5.41, 5.74) is 0. The summed E-state index contributed by atoms with van der Waals surface area (Å²) in [5.74, 6) is -0.359. The fourth-order valence-electron chi connectivity index (χ4n) is 1.21. The van der Waals surface area contributed by atoms with Crippen molar-refractivity contribution in [3.8, 4) is 0 Å². The molecule has 7 nitrogen and oxygen atoms in total. The maximum atomic E-state index is 11.2.